The van der Waals surface area contributed by atoms with E-state index in [0.29, 0.717) is 0 Å². The normalized spacial score (nSPS) is 11.1. The summed E-state index contributed by atoms with van der Waals surface area (Å²) < 4.78 is 0. The minimum absolute atomic E-state index is 0.844. The van der Waals surface area contributed by atoms with Gasteiger partial charge in [0.05, 0.1) is 22.4 Å². The van der Waals surface area contributed by atoms with E-state index in [9.17, 15) is 0 Å². The molecule has 0 spiro atoms. The minimum Gasteiger partial charge on any atom is -0.311 e. The summed E-state index contributed by atoms with van der Waals surface area (Å²) in [5, 5.41) is 2.29. The molecule has 0 radical (unpaired) electrons. The number of hydrogen-bond donors (Lipinski definition) is 0. The molecule has 0 aliphatic carbocycles. The fourth-order valence-corrected chi connectivity index (χ4v) is 6.88. The smallest absolute Gasteiger partial charge is 0.0973 e. The van der Waals surface area contributed by atoms with Crippen LogP contribution in [0, 0.1) is 0 Å². The molecule has 0 saturated carbocycles. The highest BCUT2D eigenvalue weighted by Gasteiger charge is 2.18. The van der Waals surface area contributed by atoms with Crippen LogP contribution in [0.4, 0.5) is 34.1 Å². The van der Waals surface area contributed by atoms with Crippen LogP contribution >= 0.6 is 0 Å². The first kappa shape index (κ1) is 31.0. The lowest BCUT2D eigenvalue weighted by Gasteiger charge is -2.26. The van der Waals surface area contributed by atoms with Crippen LogP contribution in [0.3, 0.4) is 0 Å². The number of anilines is 6. The summed E-state index contributed by atoms with van der Waals surface area (Å²) in [5.41, 5.74) is 11.9. The van der Waals surface area contributed by atoms with Gasteiger partial charge in [-0.2, -0.15) is 0 Å². The fraction of sp³-hybridized carbons (Fsp3) is 0. The standard InChI is InChI=1S/C48H34N4/c1-5-17-39(18-6-1)51(40-19-7-2-8-20-40)43-29-25-35(26-30-43)47-48(50-46-34-38-16-14-13-15-37(38)33-45(46)49-47)36-27-31-44(32-28-36)52(41-21-9-3-10-22-41)42-23-11-4-12-24-42/h1-34H. The van der Waals surface area contributed by atoms with Crippen LogP contribution in [-0.2, 0) is 0 Å². The molecular formula is C48H34N4. The van der Waals surface area contributed by atoms with Gasteiger partial charge in [-0.15, -0.1) is 0 Å². The molecule has 8 aromatic carbocycles. The van der Waals surface area contributed by atoms with Crippen molar-refractivity contribution in [3.8, 4) is 22.5 Å². The molecule has 0 N–H and O–H groups in total. The first-order valence-electron chi connectivity index (χ1n) is 17.5. The van der Waals surface area contributed by atoms with Crippen LogP contribution in [0.5, 0.6) is 0 Å². The van der Waals surface area contributed by atoms with E-state index >= 15 is 0 Å². The van der Waals surface area contributed by atoms with Crippen LogP contribution in [0.15, 0.2) is 206 Å². The molecular weight excluding hydrogens is 633 g/mol. The summed E-state index contributed by atoms with van der Waals surface area (Å²) in [5.74, 6) is 0. The van der Waals surface area contributed by atoms with Crippen molar-refractivity contribution in [3.05, 3.63) is 206 Å². The Morgan fingerprint density at radius 3 is 0.846 bits per heavy atom. The highest BCUT2D eigenvalue weighted by atomic mass is 15.1. The van der Waals surface area contributed by atoms with E-state index in [-0.39, 0.29) is 0 Å². The van der Waals surface area contributed by atoms with Gasteiger partial charge in [-0.05, 0) is 95.7 Å². The molecule has 4 nitrogen and oxygen atoms in total. The van der Waals surface area contributed by atoms with Crippen molar-refractivity contribution >= 4 is 55.9 Å². The molecule has 9 rings (SSSR count). The summed E-state index contributed by atoms with van der Waals surface area (Å²) in [6.45, 7) is 0. The van der Waals surface area contributed by atoms with E-state index in [1.165, 1.54) is 0 Å². The Kier molecular flexibility index (Phi) is 8.16. The summed E-state index contributed by atoms with van der Waals surface area (Å²) in [6, 6.07) is 71.9. The molecule has 9 aromatic rings. The van der Waals surface area contributed by atoms with Crippen molar-refractivity contribution in [2.24, 2.45) is 0 Å². The van der Waals surface area contributed by atoms with Crippen molar-refractivity contribution in [1.82, 2.24) is 9.97 Å². The Bertz CT molecular complexity index is 2330. The quantitative estimate of drug-likeness (QED) is 0.151. The molecule has 0 saturated heterocycles. The molecule has 4 heteroatoms. The van der Waals surface area contributed by atoms with Gasteiger partial charge in [-0.1, -0.05) is 121 Å². The molecule has 0 fully saturated rings. The summed E-state index contributed by atoms with van der Waals surface area (Å²) in [4.78, 5) is 15.2. The molecule has 246 valence electrons. The Balaban J connectivity index is 1.16. The van der Waals surface area contributed by atoms with Gasteiger partial charge in [-0.3, -0.25) is 0 Å². The first-order valence-corrected chi connectivity index (χ1v) is 17.5. The molecule has 0 unspecified atom stereocenters. The van der Waals surface area contributed by atoms with Crippen LogP contribution in [0.25, 0.3) is 44.3 Å². The third-order valence-electron chi connectivity index (χ3n) is 9.39. The number of aromatic nitrogens is 2. The van der Waals surface area contributed by atoms with Crippen LogP contribution in [-0.4, -0.2) is 9.97 Å². The van der Waals surface area contributed by atoms with Crippen molar-refractivity contribution in [3.63, 3.8) is 0 Å². The first-order chi connectivity index (χ1) is 25.8. The van der Waals surface area contributed by atoms with Gasteiger partial charge in [0.2, 0.25) is 0 Å². The van der Waals surface area contributed by atoms with E-state index < -0.39 is 0 Å². The number of para-hydroxylation sites is 4. The van der Waals surface area contributed by atoms with E-state index in [4.69, 9.17) is 9.97 Å². The summed E-state index contributed by atoms with van der Waals surface area (Å²) in [7, 11) is 0. The van der Waals surface area contributed by atoms with E-state index in [2.05, 4.69) is 192 Å². The van der Waals surface area contributed by atoms with Gasteiger partial charge in [0.1, 0.15) is 0 Å². The minimum atomic E-state index is 0.844. The van der Waals surface area contributed by atoms with E-state index in [0.717, 1.165) is 78.4 Å². The largest absolute Gasteiger partial charge is 0.311 e. The van der Waals surface area contributed by atoms with Gasteiger partial charge in [0.25, 0.3) is 0 Å². The Morgan fingerprint density at radius 1 is 0.269 bits per heavy atom. The number of rotatable bonds is 8. The third-order valence-corrected chi connectivity index (χ3v) is 9.39. The van der Waals surface area contributed by atoms with E-state index in [1.54, 1.807) is 0 Å². The van der Waals surface area contributed by atoms with Crippen LogP contribution < -0.4 is 9.80 Å². The topological polar surface area (TPSA) is 32.3 Å². The number of fused-ring (bicyclic) bond motifs is 2. The average molecular weight is 667 g/mol. The second-order valence-electron chi connectivity index (χ2n) is 12.7. The highest BCUT2D eigenvalue weighted by Crippen LogP contribution is 2.39. The molecule has 1 heterocycles. The lowest BCUT2D eigenvalue weighted by molar-refractivity contribution is 1.27. The molecule has 52 heavy (non-hydrogen) atoms. The fourth-order valence-electron chi connectivity index (χ4n) is 6.88. The average Bonchev–Trinajstić information content (AvgIpc) is 3.22. The maximum absolute atomic E-state index is 5.33. The summed E-state index contributed by atoms with van der Waals surface area (Å²) in [6.07, 6.45) is 0. The molecule has 1 aromatic heterocycles. The molecule has 0 aliphatic rings. The molecule has 0 amide bonds. The van der Waals surface area contributed by atoms with Crippen molar-refractivity contribution in [1.29, 1.82) is 0 Å². The van der Waals surface area contributed by atoms with Crippen LogP contribution in [0.2, 0.25) is 0 Å². The molecule has 0 bridgehead atoms. The van der Waals surface area contributed by atoms with Crippen molar-refractivity contribution in [2.45, 2.75) is 0 Å². The van der Waals surface area contributed by atoms with Gasteiger partial charge < -0.3 is 9.80 Å². The van der Waals surface area contributed by atoms with Crippen molar-refractivity contribution in [2.75, 3.05) is 9.80 Å². The van der Waals surface area contributed by atoms with E-state index in [1.807, 2.05) is 24.3 Å². The van der Waals surface area contributed by atoms with Gasteiger partial charge >= 0.3 is 0 Å². The number of nitrogens with zero attached hydrogens (tertiary/aromatic N) is 4. The van der Waals surface area contributed by atoms with Crippen LogP contribution in [0.1, 0.15) is 0 Å². The maximum atomic E-state index is 5.33. The second kappa shape index (κ2) is 13.7. The predicted octanol–water partition coefficient (Wildman–Crippen LogP) is 13.1. The van der Waals surface area contributed by atoms with Gasteiger partial charge in [0, 0.05) is 45.3 Å². The zero-order valence-electron chi connectivity index (χ0n) is 28.4. The predicted molar refractivity (Wildman–Crippen MR) is 217 cm³/mol. The van der Waals surface area contributed by atoms with Gasteiger partial charge in [0.15, 0.2) is 0 Å². The monoisotopic (exact) mass is 666 g/mol. The lowest BCUT2D eigenvalue weighted by atomic mass is 10.0. The Labute approximate surface area is 303 Å². The van der Waals surface area contributed by atoms with Gasteiger partial charge in [-0.25, -0.2) is 9.97 Å². The Hall–Kier alpha value is -7.04. The van der Waals surface area contributed by atoms with Crippen molar-refractivity contribution < 1.29 is 0 Å². The Morgan fingerprint density at radius 2 is 0.538 bits per heavy atom. The maximum Gasteiger partial charge on any atom is 0.0973 e. The third kappa shape index (κ3) is 6.03. The summed E-state index contributed by atoms with van der Waals surface area (Å²) >= 11 is 0. The molecule has 0 atom stereocenters. The molecule has 0 aliphatic heterocycles. The number of hydrogen-bond acceptors (Lipinski definition) is 4. The number of benzene rings is 8. The SMILES string of the molecule is c1ccc(N(c2ccccc2)c2ccc(-c3nc4cc5ccccc5cc4nc3-c3ccc(N(c4ccccc4)c4ccccc4)cc3)cc2)cc1. The highest BCUT2D eigenvalue weighted by molar-refractivity contribution is 5.97. The lowest BCUT2D eigenvalue weighted by Crippen LogP contribution is -2.09. The zero-order chi connectivity index (χ0) is 34.7. The zero-order valence-corrected chi connectivity index (χ0v) is 28.4. The second-order valence-corrected chi connectivity index (χ2v) is 12.7.